The molecule has 13 heavy (non-hydrogen) atoms. The van der Waals surface area contributed by atoms with Gasteiger partial charge < -0.3 is 20.9 Å². The molecule has 0 aromatic carbocycles. The summed E-state index contributed by atoms with van der Waals surface area (Å²) >= 11 is 0. The van der Waals surface area contributed by atoms with Crippen LogP contribution in [0.1, 0.15) is 5.69 Å². The molecular formula is C8H13N5. The molecule has 0 radical (unpaired) electrons. The van der Waals surface area contributed by atoms with Crippen molar-refractivity contribution in [2.45, 2.75) is 0 Å². The zero-order valence-corrected chi connectivity index (χ0v) is 7.95. The van der Waals surface area contributed by atoms with Gasteiger partial charge >= 0.3 is 0 Å². The molecule has 0 fully saturated rings. The van der Waals surface area contributed by atoms with Gasteiger partial charge in [0.25, 0.3) is 0 Å². The second-order valence-corrected chi connectivity index (χ2v) is 2.49. The Morgan fingerprint density at radius 3 is 2.08 bits per heavy atom. The van der Waals surface area contributed by atoms with Gasteiger partial charge in [-0.15, -0.1) is 0 Å². The molecule has 0 unspecified atom stereocenters. The van der Waals surface area contributed by atoms with Gasteiger partial charge in [0.2, 0.25) is 0 Å². The molecule has 5 heteroatoms. The average Bonchev–Trinajstić information content (AvgIpc) is 2.54. The maximum atomic E-state index is 8.80. The van der Waals surface area contributed by atoms with Crippen LogP contribution in [-0.4, -0.2) is 26.1 Å². The van der Waals surface area contributed by atoms with Gasteiger partial charge in [-0.3, -0.25) is 0 Å². The van der Waals surface area contributed by atoms with Gasteiger partial charge in [0.05, 0.1) is 5.69 Å². The standard InChI is InChI=1S/C8H13N5/c1-10-6-5(4-9)13-8(12-3)7(6)11-2/h10-13H,1-3H3. The highest BCUT2D eigenvalue weighted by molar-refractivity contribution is 5.85. The molecule has 0 aliphatic rings. The SMILES string of the molecule is CNc1[nH]c(C#N)c(NC)c1NC. The molecule has 0 aliphatic heterocycles. The fourth-order valence-electron chi connectivity index (χ4n) is 1.27. The van der Waals surface area contributed by atoms with Crippen LogP contribution in [-0.2, 0) is 0 Å². The monoisotopic (exact) mass is 179 g/mol. The first-order chi connectivity index (χ1) is 6.28. The third-order valence-electron chi connectivity index (χ3n) is 1.86. The van der Waals surface area contributed by atoms with E-state index in [4.69, 9.17) is 5.26 Å². The number of hydrogen-bond acceptors (Lipinski definition) is 4. The quantitative estimate of drug-likeness (QED) is 0.558. The Morgan fingerprint density at radius 1 is 1.08 bits per heavy atom. The lowest BCUT2D eigenvalue weighted by Gasteiger charge is -2.04. The first kappa shape index (κ1) is 9.26. The summed E-state index contributed by atoms with van der Waals surface area (Å²) in [4.78, 5) is 2.95. The van der Waals surface area contributed by atoms with Crippen molar-refractivity contribution in [3.63, 3.8) is 0 Å². The maximum Gasteiger partial charge on any atom is 0.144 e. The van der Waals surface area contributed by atoms with Crippen molar-refractivity contribution in [1.29, 1.82) is 5.26 Å². The smallest absolute Gasteiger partial charge is 0.144 e. The van der Waals surface area contributed by atoms with Gasteiger partial charge in [-0.25, -0.2) is 0 Å². The molecule has 0 amide bonds. The number of nitriles is 1. The minimum atomic E-state index is 0.524. The van der Waals surface area contributed by atoms with Crippen LogP contribution in [0.5, 0.6) is 0 Å². The Morgan fingerprint density at radius 2 is 1.69 bits per heavy atom. The highest BCUT2D eigenvalue weighted by atomic mass is 15.1. The molecule has 4 N–H and O–H groups in total. The summed E-state index contributed by atoms with van der Waals surface area (Å²) in [5.41, 5.74) is 2.19. The van der Waals surface area contributed by atoms with E-state index in [0.29, 0.717) is 5.69 Å². The lowest BCUT2D eigenvalue weighted by atomic mass is 10.3. The highest BCUT2D eigenvalue weighted by Gasteiger charge is 2.13. The topological polar surface area (TPSA) is 75.7 Å². The van der Waals surface area contributed by atoms with E-state index in [2.05, 4.69) is 27.0 Å². The maximum absolute atomic E-state index is 8.80. The Hall–Kier alpha value is -1.83. The predicted octanol–water partition coefficient (Wildman–Crippen LogP) is 1.01. The van der Waals surface area contributed by atoms with Crippen LogP contribution in [0.15, 0.2) is 0 Å². The van der Waals surface area contributed by atoms with Crippen LogP contribution in [0.25, 0.3) is 0 Å². The number of nitrogens with one attached hydrogen (secondary N) is 4. The third kappa shape index (κ3) is 1.38. The van der Waals surface area contributed by atoms with E-state index in [-0.39, 0.29) is 0 Å². The number of nitrogens with zero attached hydrogens (tertiary/aromatic N) is 1. The van der Waals surface area contributed by atoms with E-state index >= 15 is 0 Å². The van der Waals surface area contributed by atoms with E-state index in [1.54, 1.807) is 14.1 Å². The van der Waals surface area contributed by atoms with Gasteiger partial charge in [0.1, 0.15) is 23.3 Å². The molecule has 1 aromatic heterocycles. The van der Waals surface area contributed by atoms with Crippen molar-refractivity contribution in [2.75, 3.05) is 37.1 Å². The molecule has 1 rings (SSSR count). The fourth-order valence-corrected chi connectivity index (χ4v) is 1.27. The molecule has 1 aromatic rings. The summed E-state index contributed by atoms with van der Waals surface area (Å²) < 4.78 is 0. The zero-order valence-electron chi connectivity index (χ0n) is 7.95. The van der Waals surface area contributed by atoms with Crippen molar-refractivity contribution in [2.24, 2.45) is 0 Å². The van der Waals surface area contributed by atoms with Crippen molar-refractivity contribution >= 4 is 17.2 Å². The first-order valence-corrected chi connectivity index (χ1v) is 3.97. The molecule has 0 spiro atoms. The summed E-state index contributed by atoms with van der Waals surface area (Å²) in [6.45, 7) is 0. The molecule has 5 nitrogen and oxygen atoms in total. The molecule has 1 heterocycles. The largest absolute Gasteiger partial charge is 0.384 e. The molecular weight excluding hydrogens is 166 g/mol. The van der Waals surface area contributed by atoms with Crippen molar-refractivity contribution in [3.05, 3.63) is 5.69 Å². The number of rotatable bonds is 3. The Labute approximate surface area is 77.1 Å². The summed E-state index contributed by atoms with van der Waals surface area (Å²) in [6, 6.07) is 2.08. The molecule has 0 saturated carbocycles. The van der Waals surface area contributed by atoms with Gasteiger partial charge in [0.15, 0.2) is 0 Å². The van der Waals surface area contributed by atoms with E-state index in [1.807, 2.05) is 7.05 Å². The van der Waals surface area contributed by atoms with E-state index in [1.165, 1.54) is 0 Å². The second-order valence-electron chi connectivity index (χ2n) is 2.49. The van der Waals surface area contributed by atoms with Crippen LogP contribution < -0.4 is 16.0 Å². The number of hydrogen-bond donors (Lipinski definition) is 4. The second kappa shape index (κ2) is 3.72. The summed E-state index contributed by atoms with van der Waals surface area (Å²) in [5, 5.41) is 17.7. The van der Waals surface area contributed by atoms with Crippen molar-refractivity contribution in [1.82, 2.24) is 4.98 Å². The predicted molar refractivity (Wildman–Crippen MR) is 54.1 cm³/mol. The van der Waals surface area contributed by atoms with E-state index in [0.717, 1.165) is 17.2 Å². The lowest BCUT2D eigenvalue weighted by molar-refractivity contribution is 1.30. The minimum absolute atomic E-state index is 0.524. The minimum Gasteiger partial charge on any atom is -0.384 e. The zero-order chi connectivity index (χ0) is 9.84. The normalized spacial score (nSPS) is 9.08. The third-order valence-corrected chi connectivity index (χ3v) is 1.86. The lowest BCUT2D eigenvalue weighted by Crippen LogP contribution is -1.97. The molecule has 70 valence electrons. The van der Waals surface area contributed by atoms with Gasteiger partial charge in [-0.1, -0.05) is 0 Å². The van der Waals surface area contributed by atoms with E-state index in [9.17, 15) is 0 Å². The van der Waals surface area contributed by atoms with Crippen LogP contribution in [0.2, 0.25) is 0 Å². The van der Waals surface area contributed by atoms with Gasteiger partial charge in [-0.2, -0.15) is 5.26 Å². The Balaban J connectivity index is 3.27. The summed E-state index contributed by atoms with van der Waals surface area (Å²) in [5.74, 6) is 0.809. The van der Waals surface area contributed by atoms with Gasteiger partial charge in [0, 0.05) is 21.1 Å². The highest BCUT2D eigenvalue weighted by Crippen LogP contribution is 2.32. The van der Waals surface area contributed by atoms with Crippen LogP contribution in [0, 0.1) is 11.3 Å². The number of aromatic nitrogens is 1. The van der Waals surface area contributed by atoms with Crippen LogP contribution in [0.4, 0.5) is 17.2 Å². The first-order valence-electron chi connectivity index (χ1n) is 3.97. The van der Waals surface area contributed by atoms with Crippen molar-refractivity contribution < 1.29 is 0 Å². The number of aromatic amines is 1. The molecule has 0 bridgehead atoms. The Kier molecular flexibility index (Phi) is 2.65. The van der Waals surface area contributed by atoms with Crippen LogP contribution >= 0.6 is 0 Å². The molecule has 0 aliphatic carbocycles. The van der Waals surface area contributed by atoms with Crippen molar-refractivity contribution in [3.8, 4) is 6.07 Å². The molecule has 0 saturated heterocycles. The average molecular weight is 179 g/mol. The Bertz CT molecular complexity index is 333. The number of anilines is 3. The van der Waals surface area contributed by atoms with E-state index < -0.39 is 0 Å². The van der Waals surface area contributed by atoms with Gasteiger partial charge in [-0.05, 0) is 0 Å². The summed E-state index contributed by atoms with van der Waals surface area (Å²) in [6.07, 6.45) is 0. The fraction of sp³-hybridized carbons (Fsp3) is 0.375. The summed E-state index contributed by atoms with van der Waals surface area (Å²) in [7, 11) is 5.39. The molecule has 0 atom stereocenters. The number of H-pyrrole nitrogens is 1. The van der Waals surface area contributed by atoms with Crippen LogP contribution in [0.3, 0.4) is 0 Å².